The van der Waals surface area contributed by atoms with Gasteiger partial charge >= 0.3 is 0 Å². The van der Waals surface area contributed by atoms with Crippen molar-refractivity contribution in [3.05, 3.63) is 29.8 Å². The summed E-state index contributed by atoms with van der Waals surface area (Å²) in [5.74, 6) is 0.0349. The van der Waals surface area contributed by atoms with Crippen LogP contribution in [0.2, 0.25) is 0 Å². The van der Waals surface area contributed by atoms with Crippen molar-refractivity contribution in [2.24, 2.45) is 0 Å². The number of carbonyl (C=O) groups excluding carboxylic acids is 1. The summed E-state index contributed by atoms with van der Waals surface area (Å²) in [7, 11) is -3.58. The van der Waals surface area contributed by atoms with Gasteiger partial charge in [0.2, 0.25) is 15.9 Å². The summed E-state index contributed by atoms with van der Waals surface area (Å²) in [5, 5.41) is 0. The van der Waals surface area contributed by atoms with E-state index in [0.29, 0.717) is 0 Å². The minimum atomic E-state index is -3.58. The number of amides is 1. The number of hydrogen-bond acceptors (Lipinski definition) is 3. The quantitative estimate of drug-likeness (QED) is 0.871. The molecule has 25 heavy (non-hydrogen) atoms. The molecule has 0 bridgehead atoms. The van der Waals surface area contributed by atoms with E-state index >= 15 is 0 Å². The first-order valence-corrected chi connectivity index (χ1v) is 10.6. The maximum Gasteiger partial charge on any atom is 0.240 e. The highest BCUT2D eigenvalue weighted by atomic mass is 32.2. The number of benzene rings is 1. The highest BCUT2D eigenvalue weighted by molar-refractivity contribution is 7.89. The van der Waals surface area contributed by atoms with Gasteiger partial charge in [-0.3, -0.25) is 4.79 Å². The van der Waals surface area contributed by atoms with Crippen molar-refractivity contribution >= 4 is 15.9 Å². The first kappa shape index (κ1) is 19.9. The van der Waals surface area contributed by atoms with E-state index in [2.05, 4.69) is 25.5 Å². The largest absolute Gasteiger partial charge is 0.343 e. The van der Waals surface area contributed by atoms with Crippen molar-refractivity contribution < 1.29 is 13.2 Å². The molecule has 0 spiro atoms. The third kappa shape index (κ3) is 5.82. The molecule has 1 saturated heterocycles. The summed E-state index contributed by atoms with van der Waals surface area (Å²) in [5.41, 5.74) is 1.07. The van der Waals surface area contributed by atoms with Gasteiger partial charge in [0.1, 0.15) is 0 Å². The summed E-state index contributed by atoms with van der Waals surface area (Å²) >= 11 is 0. The average Bonchev–Trinajstić information content (AvgIpc) is 2.83. The zero-order valence-corrected chi connectivity index (χ0v) is 16.4. The first-order chi connectivity index (χ1) is 11.7. The summed E-state index contributed by atoms with van der Waals surface area (Å²) < 4.78 is 27.3. The SMILES string of the molecule is CC(C)(C)c1ccc(S(=O)(=O)NCCC(=O)N2CCCCCC2)cc1. The van der Waals surface area contributed by atoms with Crippen molar-refractivity contribution in [2.75, 3.05) is 19.6 Å². The van der Waals surface area contributed by atoms with Gasteiger partial charge in [-0.2, -0.15) is 0 Å². The molecule has 1 amide bonds. The molecule has 1 aliphatic heterocycles. The third-order valence-electron chi connectivity index (χ3n) is 4.62. The van der Waals surface area contributed by atoms with Crippen LogP contribution in [0.5, 0.6) is 0 Å². The molecule has 5 nitrogen and oxygen atoms in total. The molecule has 0 aromatic heterocycles. The van der Waals surface area contributed by atoms with Crippen LogP contribution in [0.15, 0.2) is 29.2 Å². The normalized spacial score (nSPS) is 16.5. The monoisotopic (exact) mass is 366 g/mol. The van der Waals surface area contributed by atoms with Crippen LogP contribution in [0.4, 0.5) is 0 Å². The number of nitrogens with zero attached hydrogens (tertiary/aromatic N) is 1. The fourth-order valence-electron chi connectivity index (χ4n) is 2.99. The molecule has 0 saturated carbocycles. The van der Waals surface area contributed by atoms with Gasteiger partial charge in [0.25, 0.3) is 0 Å². The highest BCUT2D eigenvalue weighted by Crippen LogP contribution is 2.23. The second-order valence-electron chi connectivity index (χ2n) is 7.72. The van der Waals surface area contributed by atoms with Crippen molar-refractivity contribution in [1.29, 1.82) is 0 Å². The molecule has 0 radical (unpaired) electrons. The zero-order chi connectivity index (χ0) is 18.5. The maximum atomic E-state index is 12.4. The maximum absolute atomic E-state index is 12.4. The van der Waals surface area contributed by atoms with Gasteiger partial charge in [-0.05, 0) is 36.0 Å². The van der Waals surface area contributed by atoms with Crippen LogP contribution in [-0.2, 0) is 20.2 Å². The molecule has 0 atom stereocenters. The van der Waals surface area contributed by atoms with E-state index in [1.807, 2.05) is 17.0 Å². The van der Waals surface area contributed by atoms with E-state index in [0.717, 1.165) is 31.5 Å². The van der Waals surface area contributed by atoms with Gasteiger partial charge in [0, 0.05) is 26.1 Å². The topological polar surface area (TPSA) is 66.5 Å². The third-order valence-corrected chi connectivity index (χ3v) is 6.10. The lowest BCUT2D eigenvalue weighted by atomic mass is 9.87. The van der Waals surface area contributed by atoms with Crippen LogP contribution in [0.3, 0.4) is 0 Å². The van der Waals surface area contributed by atoms with E-state index in [-0.39, 0.29) is 29.2 Å². The first-order valence-electron chi connectivity index (χ1n) is 9.08. The molecule has 1 aromatic carbocycles. The molecular formula is C19H30N2O3S. The van der Waals surface area contributed by atoms with Crippen molar-refractivity contribution in [3.63, 3.8) is 0 Å². The molecule has 6 heteroatoms. The number of hydrogen-bond donors (Lipinski definition) is 1. The molecule has 1 heterocycles. The predicted octanol–water partition coefficient (Wildman–Crippen LogP) is 3.06. The van der Waals surface area contributed by atoms with Crippen LogP contribution >= 0.6 is 0 Å². The van der Waals surface area contributed by atoms with Crippen LogP contribution in [-0.4, -0.2) is 38.9 Å². The Morgan fingerprint density at radius 3 is 2.12 bits per heavy atom. The Balaban J connectivity index is 1.89. The second kappa shape index (κ2) is 8.32. The predicted molar refractivity (Wildman–Crippen MR) is 100.0 cm³/mol. The Morgan fingerprint density at radius 1 is 1.04 bits per heavy atom. The molecule has 1 fully saturated rings. The minimum absolute atomic E-state index is 0.0186. The summed E-state index contributed by atoms with van der Waals surface area (Å²) in [6.45, 7) is 7.98. The smallest absolute Gasteiger partial charge is 0.240 e. The Labute approximate surface area is 151 Å². The van der Waals surface area contributed by atoms with Crippen LogP contribution < -0.4 is 4.72 Å². The lowest BCUT2D eigenvalue weighted by Crippen LogP contribution is -2.35. The van der Waals surface area contributed by atoms with Gasteiger partial charge < -0.3 is 4.90 Å². The van der Waals surface area contributed by atoms with E-state index in [1.54, 1.807) is 12.1 Å². The highest BCUT2D eigenvalue weighted by Gasteiger charge is 2.19. The minimum Gasteiger partial charge on any atom is -0.343 e. The summed E-state index contributed by atoms with van der Waals surface area (Å²) in [6.07, 6.45) is 4.62. The summed E-state index contributed by atoms with van der Waals surface area (Å²) in [6, 6.07) is 6.94. The standard InChI is InChI=1S/C19H30N2O3S/c1-19(2,3)16-8-10-17(11-9-16)25(23,24)20-13-12-18(22)21-14-6-4-5-7-15-21/h8-11,20H,4-7,12-15H2,1-3H3. The molecule has 1 aliphatic rings. The van der Waals surface area contributed by atoms with Crippen LogP contribution in [0, 0.1) is 0 Å². The molecular weight excluding hydrogens is 336 g/mol. The number of carbonyl (C=O) groups is 1. The molecule has 0 aliphatic carbocycles. The molecule has 1 aromatic rings. The number of likely N-dealkylation sites (tertiary alicyclic amines) is 1. The van der Waals surface area contributed by atoms with Gasteiger partial charge in [0.05, 0.1) is 4.90 Å². The number of rotatable bonds is 5. The van der Waals surface area contributed by atoms with E-state index in [9.17, 15) is 13.2 Å². The Hall–Kier alpha value is -1.40. The Morgan fingerprint density at radius 2 is 1.60 bits per heavy atom. The number of nitrogens with one attached hydrogen (secondary N) is 1. The van der Waals surface area contributed by atoms with Crippen molar-refractivity contribution in [1.82, 2.24) is 9.62 Å². The Kier molecular flexibility index (Phi) is 6.63. The average molecular weight is 367 g/mol. The van der Waals surface area contributed by atoms with E-state index in [1.165, 1.54) is 12.8 Å². The second-order valence-corrected chi connectivity index (χ2v) is 9.48. The zero-order valence-electron chi connectivity index (χ0n) is 15.5. The van der Waals surface area contributed by atoms with Gasteiger partial charge in [-0.1, -0.05) is 45.7 Å². The lowest BCUT2D eigenvalue weighted by Gasteiger charge is -2.20. The Bertz CT molecular complexity index is 668. The number of sulfonamides is 1. The van der Waals surface area contributed by atoms with E-state index < -0.39 is 10.0 Å². The van der Waals surface area contributed by atoms with Crippen LogP contribution in [0.25, 0.3) is 0 Å². The lowest BCUT2D eigenvalue weighted by molar-refractivity contribution is -0.130. The molecule has 1 N–H and O–H groups in total. The van der Waals surface area contributed by atoms with Crippen molar-refractivity contribution in [3.8, 4) is 0 Å². The van der Waals surface area contributed by atoms with Gasteiger partial charge in [-0.25, -0.2) is 13.1 Å². The molecule has 0 unspecified atom stereocenters. The summed E-state index contributed by atoms with van der Waals surface area (Å²) in [4.78, 5) is 14.3. The molecule has 140 valence electrons. The van der Waals surface area contributed by atoms with Gasteiger partial charge in [0.15, 0.2) is 0 Å². The van der Waals surface area contributed by atoms with Crippen molar-refractivity contribution in [2.45, 2.75) is 63.2 Å². The van der Waals surface area contributed by atoms with Gasteiger partial charge in [-0.15, -0.1) is 0 Å². The van der Waals surface area contributed by atoms with Crippen LogP contribution in [0.1, 0.15) is 58.4 Å². The fourth-order valence-corrected chi connectivity index (χ4v) is 4.02. The fraction of sp³-hybridized carbons (Fsp3) is 0.632. The van der Waals surface area contributed by atoms with E-state index in [4.69, 9.17) is 0 Å². The molecule has 2 rings (SSSR count).